The molecular formula is C16H23F3N2. The summed E-state index contributed by atoms with van der Waals surface area (Å²) in [6, 6.07) is 0.805. The quantitative estimate of drug-likeness (QED) is 0.851. The van der Waals surface area contributed by atoms with Crippen LogP contribution in [0.3, 0.4) is 0 Å². The maximum atomic E-state index is 13.3. The maximum Gasteiger partial charge on any atom is 0.416 e. The molecule has 1 N–H and O–H groups in total. The largest absolute Gasteiger partial charge is 0.416 e. The summed E-state index contributed by atoms with van der Waals surface area (Å²) in [6.45, 7) is 4.84. The third kappa shape index (κ3) is 3.57. The van der Waals surface area contributed by atoms with E-state index in [4.69, 9.17) is 0 Å². The average Bonchev–Trinajstić information content (AvgIpc) is 2.86. The van der Waals surface area contributed by atoms with Crippen molar-refractivity contribution in [1.29, 1.82) is 0 Å². The third-order valence-corrected chi connectivity index (χ3v) is 4.51. The first-order chi connectivity index (χ1) is 9.88. The lowest BCUT2D eigenvalue weighted by molar-refractivity contribution is -0.138. The van der Waals surface area contributed by atoms with Gasteiger partial charge in [-0.2, -0.15) is 13.2 Å². The van der Waals surface area contributed by atoms with Gasteiger partial charge in [-0.3, -0.25) is 4.98 Å². The van der Waals surface area contributed by atoms with Crippen LogP contribution in [0.1, 0.15) is 63.1 Å². The molecule has 1 fully saturated rings. The van der Waals surface area contributed by atoms with Crippen LogP contribution in [0.5, 0.6) is 0 Å². The second kappa shape index (κ2) is 6.34. The van der Waals surface area contributed by atoms with Crippen LogP contribution >= 0.6 is 0 Å². The number of pyridine rings is 1. The molecule has 1 saturated carbocycles. The van der Waals surface area contributed by atoms with Gasteiger partial charge in [-0.25, -0.2) is 0 Å². The highest BCUT2D eigenvalue weighted by Gasteiger charge is 2.42. The van der Waals surface area contributed by atoms with Gasteiger partial charge < -0.3 is 5.32 Å². The van der Waals surface area contributed by atoms with E-state index in [1.165, 1.54) is 12.4 Å². The second-order valence-electron chi connectivity index (χ2n) is 6.21. The van der Waals surface area contributed by atoms with Crippen LogP contribution in [0.4, 0.5) is 13.2 Å². The summed E-state index contributed by atoms with van der Waals surface area (Å²) in [5, 5.41) is 3.34. The van der Waals surface area contributed by atoms with Crippen LogP contribution in [0, 0.1) is 5.41 Å². The monoisotopic (exact) mass is 300 g/mol. The summed E-state index contributed by atoms with van der Waals surface area (Å²) in [6.07, 6.45) is 3.26. The molecule has 1 aromatic heterocycles. The number of halogens is 3. The predicted molar refractivity (Wildman–Crippen MR) is 76.8 cm³/mol. The Hall–Kier alpha value is -1.10. The van der Waals surface area contributed by atoms with Crippen LogP contribution < -0.4 is 5.32 Å². The Morgan fingerprint density at radius 3 is 2.57 bits per heavy atom. The molecule has 2 nitrogen and oxygen atoms in total. The molecule has 0 saturated heterocycles. The van der Waals surface area contributed by atoms with Gasteiger partial charge in [-0.15, -0.1) is 0 Å². The highest BCUT2D eigenvalue weighted by atomic mass is 19.4. The Kier molecular flexibility index (Phi) is 4.91. The second-order valence-corrected chi connectivity index (χ2v) is 6.21. The molecule has 1 aliphatic carbocycles. The minimum Gasteiger partial charge on any atom is -0.309 e. The van der Waals surface area contributed by atoms with E-state index in [0.717, 1.165) is 38.2 Å². The summed E-state index contributed by atoms with van der Waals surface area (Å²) in [5.41, 5.74) is -0.389. The smallest absolute Gasteiger partial charge is 0.309 e. The third-order valence-electron chi connectivity index (χ3n) is 4.51. The Balaban J connectivity index is 2.41. The number of aromatic nitrogens is 1. The number of hydrogen-bond donors (Lipinski definition) is 1. The first-order valence-electron chi connectivity index (χ1n) is 7.63. The van der Waals surface area contributed by atoms with Crippen molar-refractivity contribution in [2.24, 2.45) is 5.41 Å². The Morgan fingerprint density at radius 2 is 2.00 bits per heavy atom. The zero-order valence-corrected chi connectivity index (χ0v) is 12.6. The molecule has 1 heterocycles. The lowest BCUT2D eigenvalue weighted by atomic mass is 9.76. The van der Waals surface area contributed by atoms with Crippen LogP contribution in [0.15, 0.2) is 18.5 Å². The highest BCUT2D eigenvalue weighted by molar-refractivity contribution is 5.31. The van der Waals surface area contributed by atoms with E-state index in [9.17, 15) is 13.2 Å². The van der Waals surface area contributed by atoms with Gasteiger partial charge in [0.1, 0.15) is 0 Å². The summed E-state index contributed by atoms with van der Waals surface area (Å²) >= 11 is 0. The highest BCUT2D eigenvalue weighted by Crippen LogP contribution is 2.49. The van der Waals surface area contributed by atoms with Crippen LogP contribution in [-0.4, -0.2) is 11.5 Å². The van der Waals surface area contributed by atoms with Gasteiger partial charge >= 0.3 is 6.18 Å². The zero-order chi connectivity index (χ0) is 15.5. The number of nitrogens with one attached hydrogen (secondary N) is 1. The minimum absolute atomic E-state index is 0.127. The molecule has 0 amide bonds. The summed E-state index contributed by atoms with van der Waals surface area (Å²) in [5.74, 6) is 0. The van der Waals surface area contributed by atoms with Crippen molar-refractivity contribution in [2.45, 2.75) is 58.2 Å². The van der Waals surface area contributed by atoms with Gasteiger partial charge in [0.15, 0.2) is 0 Å². The van der Waals surface area contributed by atoms with Gasteiger partial charge in [-0.1, -0.05) is 26.7 Å². The molecule has 2 rings (SSSR count). The molecule has 5 heteroatoms. The van der Waals surface area contributed by atoms with Crippen LogP contribution in [0.2, 0.25) is 0 Å². The molecule has 118 valence electrons. The van der Waals surface area contributed by atoms with E-state index in [1.54, 1.807) is 0 Å². The average molecular weight is 300 g/mol. The zero-order valence-electron chi connectivity index (χ0n) is 12.6. The molecule has 0 aromatic carbocycles. The van der Waals surface area contributed by atoms with E-state index in [-0.39, 0.29) is 11.5 Å². The van der Waals surface area contributed by atoms with Gasteiger partial charge in [-0.05, 0) is 37.3 Å². The number of hydrogen-bond acceptors (Lipinski definition) is 2. The van der Waals surface area contributed by atoms with Crippen molar-refractivity contribution in [3.05, 3.63) is 29.6 Å². The molecule has 1 atom stereocenters. The fourth-order valence-electron chi connectivity index (χ4n) is 3.39. The van der Waals surface area contributed by atoms with Crippen LogP contribution in [0.25, 0.3) is 0 Å². The molecular weight excluding hydrogens is 277 g/mol. The summed E-state index contributed by atoms with van der Waals surface area (Å²) in [7, 11) is 0. The number of nitrogens with zero attached hydrogens (tertiary/aromatic N) is 1. The fourth-order valence-corrected chi connectivity index (χ4v) is 3.39. The van der Waals surface area contributed by atoms with Gasteiger partial charge in [0.05, 0.1) is 5.56 Å². The Morgan fingerprint density at radius 1 is 1.33 bits per heavy atom. The topological polar surface area (TPSA) is 24.9 Å². The lowest BCUT2D eigenvalue weighted by Crippen LogP contribution is -2.36. The van der Waals surface area contributed by atoms with E-state index in [0.29, 0.717) is 12.1 Å². The fraction of sp³-hybridized carbons (Fsp3) is 0.688. The molecule has 0 bridgehead atoms. The first kappa shape index (κ1) is 16.3. The molecule has 1 aliphatic rings. The van der Waals surface area contributed by atoms with Crippen LogP contribution in [-0.2, 0) is 6.18 Å². The van der Waals surface area contributed by atoms with E-state index in [1.807, 2.05) is 6.92 Å². The van der Waals surface area contributed by atoms with Crippen molar-refractivity contribution in [1.82, 2.24) is 10.3 Å². The Labute approximate surface area is 124 Å². The van der Waals surface area contributed by atoms with Crippen molar-refractivity contribution in [3.63, 3.8) is 0 Å². The van der Waals surface area contributed by atoms with E-state index in [2.05, 4.69) is 17.2 Å². The molecule has 1 unspecified atom stereocenters. The summed E-state index contributed by atoms with van der Waals surface area (Å²) in [4.78, 5) is 3.95. The molecule has 21 heavy (non-hydrogen) atoms. The van der Waals surface area contributed by atoms with Gasteiger partial charge in [0.2, 0.25) is 0 Å². The predicted octanol–water partition coefficient (Wildman–Crippen LogP) is 4.72. The lowest BCUT2D eigenvalue weighted by Gasteiger charge is -2.36. The van der Waals surface area contributed by atoms with Crippen molar-refractivity contribution >= 4 is 0 Å². The number of alkyl halides is 3. The van der Waals surface area contributed by atoms with E-state index < -0.39 is 11.7 Å². The van der Waals surface area contributed by atoms with Gasteiger partial charge in [0.25, 0.3) is 0 Å². The van der Waals surface area contributed by atoms with Crippen molar-refractivity contribution in [2.75, 3.05) is 6.54 Å². The molecule has 0 aliphatic heterocycles. The summed E-state index contributed by atoms with van der Waals surface area (Å²) < 4.78 is 39.9. The number of rotatable bonds is 5. The molecule has 0 radical (unpaired) electrons. The maximum absolute atomic E-state index is 13.3. The van der Waals surface area contributed by atoms with Crippen molar-refractivity contribution in [3.8, 4) is 0 Å². The van der Waals surface area contributed by atoms with Crippen molar-refractivity contribution < 1.29 is 13.2 Å². The van der Waals surface area contributed by atoms with Gasteiger partial charge in [0, 0.05) is 24.0 Å². The SMILES string of the molecule is CCCNC(c1cnccc1C(F)(F)F)C1(C)CCCC1. The minimum atomic E-state index is -4.33. The molecule has 0 spiro atoms. The van der Waals surface area contributed by atoms with E-state index >= 15 is 0 Å². The Bertz CT molecular complexity index is 465. The first-order valence-corrected chi connectivity index (χ1v) is 7.63. The standard InChI is InChI=1S/C16H23F3N2/c1-3-9-21-14(15(2)7-4-5-8-15)12-11-20-10-6-13(12)16(17,18)19/h6,10-11,14,21H,3-5,7-9H2,1-2H3. The molecule has 1 aromatic rings. The normalized spacial score (nSPS) is 19.7.